The summed E-state index contributed by atoms with van der Waals surface area (Å²) < 4.78 is 5.48. The Morgan fingerprint density at radius 1 is 1.17 bits per heavy atom. The Morgan fingerprint density at radius 2 is 1.88 bits per heavy atom. The van der Waals surface area contributed by atoms with Crippen molar-refractivity contribution in [3.8, 4) is 0 Å². The quantitative estimate of drug-likeness (QED) is 0.903. The number of rotatable bonds is 2. The van der Waals surface area contributed by atoms with Gasteiger partial charge in [0, 0.05) is 30.7 Å². The van der Waals surface area contributed by atoms with Crippen molar-refractivity contribution in [3.63, 3.8) is 0 Å². The van der Waals surface area contributed by atoms with Gasteiger partial charge in [-0.3, -0.25) is 9.59 Å². The minimum Gasteiger partial charge on any atom is -0.381 e. The van der Waals surface area contributed by atoms with E-state index in [1.165, 1.54) is 0 Å². The van der Waals surface area contributed by atoms with E-state index in [-0.39, 0.29) is 11.3 Å². The van der Waals surface area contributed by atoms with Gasteiger partial charge in [-0.1, -0.05) is 6.07 Å². The lowest BCUT2D eigenvalue weighted by atomic mass is 9.67. The average Bonchev–Trinajstić information content (AvgIpc) is 2.57. The second kappa shape index (κ2) is 6.55. The van der Waals surface area contributed by atoms with Crippen LogP contribution in [0.5, 0.6) is 0 Å². The second-order valence-electron chi connectivity index (χ2n) is 7.18. The number of piperidine rings is 1. The zero-order valence-corrected chi connectivity index (χ0v) is 14.5. The highest BCUT2D eigenvalue weighted by Gasteiger charge is 2.49. The fourth-order valence-corrected chi connectivity index (χ4v) is 4.21. The number of ether oxygens (including phenoxy) is 1. The molecule has 0 aromatic heterocycles. The molecular weight excluding hydrogens is 304 g/mol. The number of likely N-dealkylation sites (tertiary alicyclic amines) is 1. The molecule has 130 valence electrons. The maximum Gasteiger partial charge on any atom is 0.254 e. The van der Waals surface area contributed by atoms with Crippen LogP contribution in [0.2, 0.25) is 0 Å². The summed E-state index contributed by atoms with van der Waals surface area (Å²) in [5.41, 5.74) is 8.40. The lowest BCUT2D eigenvalue weighted by Gasteiger charge is -2.50. The summed E-state index contributed by atoms with van der Waals surface area (Å²) in [6, 6.07) is 5.16. The summed E-state index contributed by atoms with van der Waals surface area (Å²) in [4.78, 5) is 27.1. The number of benzene rings is 1. The Balaban J connectivity index is 1.93. The Kier molecular flexibility index (Phi) is 4.63. The van der Waals surface area contributed by atoms with Crippen molar-refractivity contribution in [2.45, 2.75) is 45.6 Å². The normalized spacial score (nSPS) is 23.2. The van der Waals surface area contributed by atoms with Crippen LogP contribution in [0.25, 0.3) is 0 Å². The number of amides is 2. The molecule has 2 heterocycles. The molecule has 1 unspecified atom stereocenters. The molecule has 1 atom stereocenters. The fraction of sp³-hybridized carbons (Fsp3) is 0.579. The maximum atomic E-state index is 13.1. The van der Waals surface area contributed by atoms with Gasteiger partial charge in [-0.05, 0) is 62.8 Å². The molecule has 2 amide bonds. The van der Waals surface area contributed by atoms with E-state index >= 15 is 0 Å². The highest BCUT2D eigenvalue weighted by molar-refractivity contribution is 5.98. The number of carbonyl (C=O) groups excluding carboxylic acids is 2. The zero-order valence-electron chi connectivity index (χ0n) is 14.5. The van der Waals surface area contributed by atoms with Crippen LogP contribution in [0.15, 0.2) is 18.2 Å². The third kappa shape index (κ3) is 2.93. The van der Waals surface area contributed by atoms with E-state index in [4.69, 9.17) is 10.5 Å². The Hall–Kier alpha value is -1.88. The summed E-state index contributed by atoms with van der Waals surface area (Å²) >= 11 is 0. The first kappa shape index (κ1) is 17.0. The summed E-state index contributed by atoms with van der Waals surface area (Å²) in [6.45, 7) is 5.87. The molecule has 2 fully saturated rings. The summed E-state index contributed by atoms with van der Waals surface area (Å²) in [5.74, 6) is -0.485. The van der Waals surface area contributed by atoms with Crippen LogP contribution in [-0.4, -0.2) is 42.5 Å². The number of primary amides is 1. The van der Waals surface area contributed by atoms with Gasteiger partial charge in [-0.25, -0.2) is 0 Å². The smallest absolute Gasteiger partial charge is 0.254 e. The van der Waals surface area contributed by atoms with Crippen LogP contribution in [0.4, 0.5) is 0 Å². The van der Waals surface area contributed by atoms with E-state index in [1.807, 2.05) is 32.0 Å². The van der Waals surface area contributed by atoms with Gasteiger partial charge >= 0.3 is 0 Å². The third-order valence-electron chi connectivity index (χ3n) is 5.74. The predicted molar refractivity (Wildman–Crippen MR) is 91.7 cm³/mol. The number of hydrogen-bond donors (Lipinski definition) is 1. The summed E-state index contributed by atoms with van der Waals surface area (Å²) in [5, 5.41) is 0. The van der Waals surface area contributed by atoms with Gasteiger partial charge in [-0.15, -0.1) is 0 Å². The molecule has 5 heteroatoms. The predicted octanol–water partition coefficient (Wildman–Crippen LogP) is 2.19. The van der Waals surface area contributed by atoms with Gasteiger partial charge in [0.05, 0.1) is 0 Å². The Labute approximate surface area is 143 Å². The molecule has 1 aromatic carbocycles. The molecule has 0 aliphatic carbocycles. The average molecular weight is 330 g/mol. The highest BCUT2D eigenvalue weighted by atomic mass is 16.5. The molecule has 2 saturated heterocycles. The molecule has 1 spiro atoms. The first-order valence-corrected chi connectivity index (χ1v) is 8.70. The van der Waals surface area contributed by atoms with E-state index in [0.717, 1.165) is 36.8 Å². The molecule has 0 saturated carbocycles. The third-order valence-corrected chi connectivity index (χ3v) is 5.74. The van der Waals surface area contributed by atoms with Crippen molar-refractivity contribution in [1.29, 1.82) is 0 Å². The molecule has 5 nitrogen and oxygen atoms in total. The van der Waals surface area contributed by atoms with E-state index in [9.17, 15) is 9.59 Å². The summed E-state index contributed by atoms with van der Waals surface area (Å²) in [6.07, 6.45) is 3.41. The molecule has 2 aliphatic heterocycles. The first-order chi connectivity index (χ1) is 11.4. The van der Waals surface area contributed by atoms with Crippen molar-refractivity contribution >= 4 is 11.8 Å². The van der Waals surface area contributed by atoms with Gasteiger partial charge in [0.1, 0.15) is 6.04 Å². The molecule has 2 aliphatic rings. The van der Waals surface area contributed by atoms with Crippen molar-refractivity contribution in [3.05, 3.63) is 34.9 Å². The maximum absolute atomic E-state index is 13.1. The number of hydrogen-bond acceptors (Lipinski definition) is 3. The van der Waals surface area contributed by atoms with Crippen LogP contribution in [0, 0.1) is 19.3 Å². The molecular formula is C19H26N2O3. The summed E-state index contributed by atoms with van der Waals surface area (Å²) in [7, 11) is 0. The Morgan fingerprint density at radius 3 is 2.50 bits per heavy atom. The van der Waals surface area contributed by atoms with Gasteiger partial charge in [0.25, 0.3) is 5.91 Å². The lowest BCUT2D eigenvalue weighted by Crippen LogP contribution is -2.61. The molecule has 24 heavy (non-hydrogen) atoms. The van der Waals surface area contributed by atoms with Crippen molar-refractivity contribution < 1.29 is 14.3 Å². The van der Waals surface area contributed by atoms with Gasteiger partial charge < -0.3 is 15.4 Å². The van der Waals surface area contributed by atoms with Crippen molar-refractivity contribution in [2.75, 3.05) is 19.8 Å². The topological polar surface area (TPSA) is 72.6 Å². The van der Waals surface area contributed by atoms with E-state index in [1.54, 1.807) is 4.90 Å². The van der Waals surface area contributed by atoms with Crippen molar-refractivity contribution in [2.24, 2.45) is 11.1 Å². The second-order valence-corrected chi connectivity index (χ2v) is 7.18. The van der Waals surface area contributed by atoms with Crippen LogP contribution in [0.3, 0.4) is 0 Å². The molecule has 3 rings (SSSR count). The number of nitrogens with zero attached hydrogens (tertiary/aromatic N) is 1. The monoisotopic (exact) mass is 330 g/mol. The number of nitrogens with two attached hydrogens (primary N) is 1. The lowest BCUT2D eigenvalue weighted by molar-refractivity contribution is -0.134. The first-order valence-electron chi connectivity index (χ1n) is 8.70. The van der Waals surface area contributed by atoms with Gasteiger partial charge in [0.15, 0.2) is 0 Å². The van der Waals surface area contributed by atoms with Gasteiger partial charge in [-0.2, -0.15) is 0 Å². The SMILES string of the molecule is Cc1ccc(C(=O)N2CCCC3(CCOCC3)C2C(N)=O)cc1C. The van der Waals surface area contributed by atoms with Crippen LogP contribution < -0.4 is 5.73 Å². The van der Waals surface area contributed by atoms with E-state index in [0.29, 0.717) is 25.3 Å². The molecule has 0 radical (unpaired) electrons. The van der Waals surface area contributed by atoms with Crippen LogP contribution in [-0.2, 0) is 9.53 Å². The Bertz CT molecular complexity index is 645. The molecule has 1 aromatic rings. The minimum absolute atomic E-state index is 0.0903. The highest BCUT2D eigenvalue weighted by Crippen LogP contribution is 2.44. The van der Waals surface area contributed by atoms with Gasteiger partial charge in [0.2, 0.25) is 5.91 Å². The number of aryl methyl sites for hydroxylation is 2. The largest absolute Gasteiger partial charge is 0.381 e. The van der Waals surface area contributed by atoms with E-state index in [2.05, 4.69) is 0 Å². The fourth-order valence-electron chi connectivity index (χ4n) is 4.21. The van der Waals surface area contributed by atoms with E-state index < -0.39 is 11.9 Å². The molecule has 2 N–H and O–H groups in total. The number of carbonyl (C=O) groups is 2. The van der Waals surface area contributed by atoms with Crippen LogP contribution >= 0.6 is 0 Å². The zero-order chi connectivity index (χ0) is 17.3. The standard InChI is InChI=1S/C19H26N2O3/c1-13-4-5-15(12-14(13)2)18(23)21-9-3-6-19(16(21)17(20)22)7-10-24-11-8-19/h4-5,12,16H,3,6-11H2,1-2H3,(H2,20,22). The minimum atomic E-state index is -0.538. The van der Waals surface area contributed by atoms with Crippen LogP contribution in [0.1, 0.15) is 47.2 Å². The molecule has 0 bridgehead atoms. The van der Waals surface area contributed by atoms with Crippen molar-refractivity contribution in [1.82, 2.24) is 4.90 Å².